The molecule has 0 radical (unpaired) electrons. The molecule has 3 aromatic rings. The highest BCUT2D eigenvalue weighted by molar-refractivity contribution is 5.87. The molecular formula is C26H25FN2O2. The molecule has 4 nitrogen and oxygen atoms in total. The van der Waals surface area contributed by atoms with Crippen molar-refractivity contribution in [2.45, 2.75) is 44.5 Å². The lowest BCUT2D eigenvalue weighted by Gasteiger charge is -2.35. The molecule has 2 aliphatic rings. The summed E-state index contributed by atoms with van der Waals surface area (Å²) in [5.41, 5.74) is 2.69. The maximum Gasteiger partial charge on any atom is 0.213 e. The number of fused-ring (bicyclic) bond motifs is 1. The number of nitrogens with zero attached hydrogens (tertiary/aromatic N) is 2. The van der Waals surface area contributed by atoms with Crippen LogP contribution in [0.4, 0.5) is 4.39 Å². The summed E-state index contributed by atoms with van der Waals surface area (Å²) in [6.07, 6.45) is 1.92. The van der Waals surface area contributed by atoms with Crippen LogP contribution in [0.25, 0.3) is 0 Å². The van der Waals surface area contributed by atoms with Crippen LogP contribution in [0.3, 0.4) is 0 Å². The number of Topliss-reactive ketones (excluding diaryl/α,β-unsaturated/α-hetero) is 1. The Morgan fingerprint density at radius 3 is 2.10 bits per heavy atom. The SMILES string of the molecule is O=C1Cc2nc(F)ccc2OC(C2CC2)C1N(Cc1ccccc1)Cc1ccccc1. The summed E-state index contributed by atoms with van der Waals surface area (Å²) >= 11 is 0. The lowest BCUT2D eigenvalue weighted by molar-refractivity contribution is -0.127. The average molecular weight is 416 g/mol. The Morgan fingerprint density at radius 2 is 1.52 bits per heavy atom. The second-order valence-electron chi connectivity index (χ2n) is 8.46. The van der Waals surface area contributed by atoms with E-state index in [2.05, 4.69) is 34.1 Å². The van der Waals surface area contributed by atoms with Crippen LogP contribution in [0, 0.1) is 11.9 Å². The van der Waals surface area contributed by atoms with E-state index in [-0.39, 0.29) is 18.3 Å². The van der Waals surface area contributed by atoms with E-state index in [1.165, 1.54) is 6.07 Å². The van der Waals surface area contributed by atoms with E-state index in [1.54, 1.807) is 6.07 Å². The van der Waals surface area contributed by atoms with Gasteiger partial charge in [-0.05, 0) is 42.0 Å². The molecule has 1 aliphatic heterocycles. The van der Waals surface area contributed by atoms with Crippen molar-refractivity contribution < 1.29 is 13.9 Å². The van der Waals surface area contributed by atoms with Crippen molar-refractivity contribution in [3.8, 4) is 5.75 Å². The van der Waals surface area contributed by atoms with Gasteiger partial charge in [-0.15, -0.1) is 0 Å². The number of rotatable bonds is 6. The summed E-state index contributed by atoms with van der Waals surface area (Å²) in [4.78, 5) is 19.8. The summed E-state index contributed by atoms with van der Waals surface area (Å²) in [6.45, 7) is 1.27. The van der Waals surface area contributed by atoms with Crippen molar-refractivity contribution in [2.75, 3.05) is 0 Å². The summed E-state index contributed by atoms with van der Waals surface area (Å²) in [6, 6.07) is 22.9. The van der Waals surface area contributed by atoms with Crippen molar-refractivity contribution in [3.63, 3.8) is 0 Å². The summed E-state index contributed by atoms with van der Waals surface area (Å²) < 4.78 is 20.1. The van der Waals surface area contributed by atoms with Gasteiger partial charge in [-0.2, -0.15) is 4.39 Å². The Bertz CT molecular complexity index is 1010. The van der Waals surface area contributed by atoms with Crippen LogP contribution < -0.4 is 4.74 Å². The highest BCUT2D eigenvalue weighted by Crippen LogP contribution is 2.40. The van der Waals surface area contributed by atoms with Crippen LogP contribution in [0.1, 0.15) is 29.7 Å². The van der Waals surface area contributed by atoms with Crippen LogP contribution in [-0.4, -0.2) is 27.8 Å². The lowest BCUT2D eigenvalue weighted by Crippen LogP contribution is -2.51. The van der Waals surface area contributed by atoms with Crippen LogP contribution >= 0.6 is 0 Å². The van der Waals surface area contributed by atoms with Gasteiger partial charge in [0.1, 0.15) is 17.9 Å². The second kappa shape index (κ2) is 8.60. The smallest absolute Gasteiger partial charge is 0.213 e. The van der Waals surface area contributed by atoms with Crippen molar-refractivity contribution in [2.24, 2.45) is 5.92 Å². The number of carbonyl (C=O) groups excluding carboxylic acids is 1. The predicted octanol–water partition coefficient (Wildman–Crippen LogP) is 4.57. The van der Waals surface area contributed by atoms with E-state index < -0.39 is 12.0 Å². The number of pyridine rings is 1. The lowest BCUT2D eigenvalue weighted by atomic mass is 9.96. The van der Waals surface area contributed by atoms with Gasteiger partial charge in [0.05, 0.1) is 12.1 Å². The van der Waals surface area contributed by atoms with Gasteiger partial charge in [0.2, 0.25) is 5.95 Å². The summed E-state index contributed by atoms with van der Waals surface area (Å²) in [7, 11) is 0. The summed E-state index contributed by atoms with van der Waals surface area (Å²) in [5.74, 6) is 0.329. The number of carbonyl (C=O) groups is 1. The highest BCUT2D eigenvalue weighted by atomic mass is 19.1. The van der Waals surface area contributed by atoms with Crippen molar-refractivity contribution in [3.05, 3.63) is 95.6 Å². The molecule has 2 unspecified atom stereocenters. The molecule has 1 aromatic heterocycles. The fourth-order valence-corrected chi connectivity index (χ4v) is 4.44. The first-order valence-corrected chi connectivity index (χ1v) is 10.8. The first-order chi connectivity index (χ1) is 15.2. The average Bonchev–Trinajstić information content (AvgIpc) is 3.62. The number of halogens is 1. The first kappa shape index (κ1) is 19.9. The Balaban J connectivity index is 1.51. The van der Waals surface area contributed by atoms with E-state index in [9.17, 15) is 9.18 Å². The minimum absolute atomic E-state index is 0.0422. The molecule has 0 amide bonds. The van der Waals surface area contributed by atoms with Gasteiger partial charge in [0, 0.05) is 13.1 Å². The molecule has 5 heteroatoms. The molecule has 2 aromatic carbocycles. The molecule has 0 saturated heterocycles. The number of benzene rings is 2. The predicted molar refractivity (Wildman–Crippen MR) is 116 cm³/mol. The van der Waals surface area contributed by atoms with E-state index in [1.807, 2.05) is 36.4 Å². The monoisotopic (exact) mass is 416 g/mol. The van der Waals surface area contributed by atoms with E-state index in [0.29, 0.717) is 30.5 Å². The van der Waals surface area contributed by atoms with Crippen LogP contribution in [-0.2, 0) is 24.3 Å². The molecule has 2 heterocycles. The Hall–Kier alpha value is -3.05. The van der Waals surface area contributed by atoms with Crippen LogP contribution in [0.2, 0.25) is 0 Å². The summed E-state index contributed by atoms with van der Waals surface area (Å²) in [5, 5.41) is 0. The molecule has 0 bridgehead atoms. The Labute approximate surface area is 181 Å². The van der Waals surface area contributed by atoms with Gasteiger partial charge >= 0.3 is 0 Å². The van der Waals surface area contributed by atoms with Gasteiger partial charge in [-0.25, -0.2) is 4.98 Å². The molecule has 5 rings (SSSR count). The molecule has 31 heavy (non-hydrogen) atoms. The molecule has 2 atom stereocenters. The molecular weight excluding hydrogens is 391 g/mol. The van der Waals surface area contributed by atoms with Crippen molar-refractivity contribution in [1.82, 2.24) is 9.88 Å². The maximum atomic E-state index is 13.8. The second-order valence-corrected chi connectivity index (χ2v) is 8.46. The number of hydrogen-bond donors (Lipinski definition) is 0. The maximum absolute atomic E-state index is 13.8. The molecule has 1 saturated carbocycles. The zero-order valence-electron chi connectivity index (χ0n) is 17.3. The van der Waals surface area contributed by atoms with Gasteiger partial charge < -0.3 is 4.74 Å². The standard InChI is InChI=1S/C26H25FN2O2/c27-24-14-13-23-21(28-24)15-22(30)25(26(31-23)20-11-12-20)29(16-18-7-3-1-4-8-18)17-19-9-5-2-6-10-19/h1-10,13-14,20,25-26H,11-12,15-17H2. The zero-order valence-corrected chi connectivity index (χ0v) is 17.3. The van der Waals surface area contributed by atoms with E-state index >= 15 is 0 Å². The Morgan fingerprint density at radius 1 is 0.903 bits per heavy atom. The number of hydrogen-bond acceptors (Lipinski definition) is 4. The van der Waals surface area contributed by atoms with E-state index in [0.717, 1.165) is 24.0 Å². The van der Waals surface area contributed by atoms with Gasteiger partial charge in [0.15, 0.2) is 5.78 Å². The molecule has 0 spiro atoms. The zero-order chi connectivity index (χ0) is 21.2. The van der Waals surface area contributed by atoms with Gasteiger partial charge in [-0.3, -0.25) is 9.69 Å². The molecule has 1 fully saturated rings. The van der Waals surface area contributed by atoms with Gasteiger partial charge in [-0.1, -0.05) is 60.7 Å². The first-order valence-electron chi connectivity index (χ1n) is 10.8. The molecule has 1 aliphatic carbocycles. The molecule has 158 valence electrons. The topological polar surface area (TPSA) is 42.4 Å². The number of aromatic nitrogens is 1. The van der Waals surface area contributed by atoms with Crippen LogP contribution in [0.15, 0.2) is 72.8 Å². The normalized spacial score (nSPS) is 20.8. The highest BCUT2D eigenvalue weighted by Gasteiger charge is 2.46. The third kappa shape index (κ3) is 4.52. The van der Waals surface area contributed by atoms with Gasteiger partial charge in [0.25, 0.3) is 0 Å². The van der Waals surface area contributed by atoms with Crippen LogP contribution in [0.5, 0.6) is 5.75 Å². The van der Waals surface area contributed by atoms with E-state index in [4.69, 9.17) is 4.74 Å². The largest absolute Gasteiger partial charge is 0.486 e. The minimum Gasteiger partial charge on any atom is -0.486 e. The quantitative estimate of drug-likeness (QED) is 0.552. The Kier molecular flexibility index (Phi) is 5.51. The third-order valence-corrected chi connectivity index (χ3v) is 6.08. The third-order valence-electron chi connectivity index (χ3n) is 6.08. The van der Waals surface area contributed by atoms with Crippen molar-refractivity contribution >= 4 is 5.78 Å². The molecule has 0 N–H and O–H groups in total. The minimum atomic E-state index is -0.581. The fourth-order valence-electron chi connectivity index (χ4n) is 4.44. The number of ketones is 1. The fraction of sp³-hybridized carbons (Fsp3) is 0.308. The van der Waals surface area contributed by atoms with Crippen molar-refractivity contribution in [1.29, 1.82) is 0 Å². The number of ether oxygens (including phenoxy) is 1.